The molecule has 5 nitrogen and oxygen atoms in total. The summed E-state index contributed by atoms with van der Waals surface area (Å²) < 4.78 is 10.4. The number of ether oxygens (including phenoxy) is 2. The molecular formula is C17H38IN3O2. The van der Waals surface area contributed by atoms with Crippen molar-refractivity contribution >= 4 is 29.9 Å². The largest absolute Gasteiger partial charge is 0.382 e. The molecule has 0 radical (unpaired) electrons. The van der Waals surface area contributed by atoms with Crippen molar-refractivity contribution in [1.82, 2.24) is 10.6 Å². The van der Waals surface area contributed by atoms with Crippen LogP contribution >= 0.6 is 24.0 Å². The van der Waals surface area contributed by atoms with Gasteiger partial charge >= 0.3 is 0 Å². The lowest BCUT2D eigenvalue weighted by atomic mass is 9.90. The van der Waals surface area contributed by atoms with Crippen LogP contribution in [0.4, 0.5) is 0 Å². The van der Waals surface area contributed by atoms with Crippen LogP contribution in [0.5, 0.6) is 0 Å². The number of hydrogen-bond donors (Lipinski definition) is 2. The molecule has 0 aromatic carbocycles. The van der Waals surface area contributed by atoms with Crippen LogP contribution in [0.2, 0.25) is 0 Å². The highest BCUT2D eigenvalue weighted by molar-refractivity contribution is 14.0. The first-order valence-electron chi connectivity index (χ1n) is 8.58. The highest BCUT2D eigenvalue weighted by Crippen LogP contribution is 2.21. The molecule has 0 aromatic rings. The smallest absolute Gasteiger partial charge is 0.191 e. The van der Waals surface area contributed by atoms with Crippen molar-refractivity contribution in [3.8, 4) is 0 Å². The van der Waals surface area contributed by atoms with Crippen molar-refractivity contribution in [2.24, 2.45) is 10.4 Å². The van der Waals surface area contributed by atoms with Crippen LogP contribution in [0.25, 0.3) is 0 Å². The Bertz CT molecular complexity index is 282. The summed E-state index contributed by atoms with van der Waals surface area (Å²) in [7, 11) is 1.68. The van der Waals surface area contributed by atoms with Crippen LogP contribution in [0.15, 0.2) is 4.99 Å². The zero-order valence-electron chi connectivity index (χ0n) is 15.7. The predicted molar refractivity (Wildman–Crippen MR) is 110 cm³/mol. The van der Waals surface area contributed by atoms with Gasteiger partial charge in [-0.2, -0.15) is 0 Å². The van der Waals surface area contributed by atoms with Crippen molar-refractivity contribution in [3.63, 3.8) is 0 Å². The molecule has 140 valence electrons. The Morgan fingerprint density at radius 3 is 2.35 bits per heavy atom. The first-order chi connectivity index (χ1) is 10.5. The SMILES string of the molecule is CCNC(=NCCCOCCOC)NCCCCC(C)(C)C.I. The Labute approximate surface area is 160 Å². The fourth-order valence-corrected chi connectivity index (χ4v) is 1.93. The minimum atomic E-state index is 0. The summed E-state index contributed by atoms with van der Waals surface area (Å²) in [4.78, 5) is 4.56. The van der Waals surface area contributed by atoms with E-state index in [2.05, 4.69) is 43.3 Å². The van der Waals surface area contributed by atoms with Crippen LogP contribution in [0.1, 0.15) is 53.4 Å². The molecule has 0 heterocycles. The lowest BCUT2D eigenvalue weighted by Gasteiger charge is -2.18. The van der Waals surface area contributed by atoms with Gasteiger partial charge in [0.15, 0.2) is 5.96 Å². The molecule has 0 rings (SSSR count). The molecule has 2 N–H and O–H groups in total. The Kier molecular flexibility index (Phi) is 18.3. The van der Waals surface area contributed by atoms with Gasteiger partial charge in [0, 0.05) is 33.4 Å². The second-order valence-corrected chi connectivity index (χ2v) is 6.66. The van der Waals surface area contributed by atoms with E-state index < -0.39 is 0 Å². The van der Waals surface area contributed by atoms with Crippen molar-refractivity contribution in [2.75, 3.05) is 46.6 Å². The second-order valence-electron chi connectivity index (χ2n) is 6.66. The lowest BCUT2D eigenvalue weighted by Crippen LogP contribution is -2.38. The van der Waals surface area contributed by atoms with Gasteiger partial charge in [0.25, 0.3) is 0 Å². The standard InChI is InChI=1S/C17H37N3O2.HI/c1-6-18-16(19-11-8-7-10-17(2,3)4)20-12-9-13-22-15-14-21-5;/h6-15H2,1-5H3,(H2,18,19,20);1H. The summed E-state index contributed by atoms with van der Waals surface area (Å²) in [5.41, 5.74) is 0.432. The Balaban J connectivity index is 0. The van der Waals surface area contributed by atoms with E-state index in [9.17, 15) is 0 Å². The number of hydrogen-bond acceptors (Lipinski definition) is 3. The van der Waals surface area contributed by atoms with E-state index in [0.717, 1.165) is 38.6 Å². The number of rotatable bonds is 12. The van der Waals surface area contributed by atoms with Crippen molar-refractivity contribution in [3.05, 3.63) is 0 Å². The maximum atomic E-state index is 5.43. The van der Waals surface area contributed by atoms with Crippen LogP contribution in [-0.4, -0.2) is 52.5 Å². The second kappa shape index (κ2) is 16.8. The normalized spacial score (nSPS) is 12.0. The topological polar surface area (TPSA) is 54.9 Å². The van der Waals surface area contributed by atoms with E-state index in [0.29, 0.717) is 18.6 Å². The molecule has 0 aromatic heterocycles. The molecule has 0 saturated heterocycles. The quantitative estimate of drug-likeness (QED) is 0.210. The number of unbranched alkanes of at least 4 members (excludes halogenated alkanes) is 1. The highest BCUT2D eigenvalue weighted by atomic mass is 127. The van der Waals surface area contributed by atoms with Gasteiger partial charge in [-0.1, -0.05) is 27.2 Å². The van der Waals surface area contributed by atoms with E-state index in [1.165, 1.54) is 19.3 Å². The average Bonchev–Trinajstić information content (AvgIpc) is 2.44. The first kappa shape index (κ1) is 25.2. The van der Waals surface area contributed by atoms with Crippen molar-refractivity contribution in [2.45, 2.75) is 53.4 Å². The van der Waals surface area contributed by atoms with E-state index in [4.69, 9.17) is 9.47 Å². The zero-order chi connectivity index (χ0) is 16.7. The number of methoxy groups -OCH3 is 1. The molecule has 0 unspecified atom stereocenters. The lowest BCUT2D eigenvalue weighted by molar-refractivity contribution is 0.0702. The van der Waals surface area contributed by atoms with E-state index in [1.54, 1.807) is 7.11 Å². The van der Waals surface area contributed by atoms with Gasteiger partial charge in [0.2, 0.25) is 0 Å². The van der Waals surface area contributed by atoms with Crippen LogP contribution in [0.3, 0.4) is 0 Å². The number of halogens is 1. The molecule has 0 aliphatic rings. The third-order valence-corrected chi connectivity index (χ3v) is 3.14. The number of nitrogens with one attached hydrogen (secondary N) is 2. The minimum Gasteiger partial charge on any atom is -0.382 e. The third-order valence-electron chi connectivity index (χ3n) is 3.14. The maximum absolute atomic E-state index is 5.43. The van der Waals surface area contributed by atoms with E-state index in [-0.39, 0.29) is 24.0 Å². The summed E-state index contributed by atoms with van der Waals surface area (Å²) >= 11 is 0. The molecule has 6 heteroatoms. The van der Waals surface area contributed by atoms with E-state index in [1.807, 2.05) is 0 Å². The van der Waals surface area contributed by atoms with Crippen molar-refractivity contribution < 1.29 is 9.47 Å². The molecule has 0 aliphatic heterocycles. The number of nitrogens with zero attached hydrogens (tertiary/aromatic N) is 1. The Hall–Kier alpha value is -0.0800. The van der Waals surface area contributed by atoms with Crippen molar-refractivity contribution in [1.29, 1.82) is 0 Å². The van der Waals surface area contributed by atoms with Gasteiger partial charge in [0.05, 0.1) is 13.2 Å². The molecular weight excluding hydrogens is 405 g/mol. The highest BCUT2D eigenvalue weighted by Gasteiger charge is 2.08. The van der Waals surface area contributed by atoms with Crippen LogP contribution < -0.4 is 10.6 Å². The summed E-state index contributed by atoms with van der Waals surface area (Å²) in [6.45, 7) is 13.7. The Morgan fingerprint density at radius 2 is 1.74 bits per heavy atom. The fourth-order valence-electron chi connectivity index (χ4n) is 1.93. The Morgan fingerprint density at radius 1 is 1.00 bits per heavy atom. The maximum Gasteiger partial charge on any atom is 0.191 e. The van der Waals surface area contributed by atoms with E-state index >= 15 is 0 Å². The summed E-state index contributed by atoms with van der Waals surface area (Å²) in [6.07, 6.45) is 4.64. The molecule has 0 saturated carbocycles. The summed E-state index contributed by atoms with van der Waals surface area (Å²) in [6, 6.07) is 0. The molecule has 0 aliphatic carbocycles. The van der Waals surface area contributed by atoms with Gasteiger partial charge in [-0.05, 0) is 31.6 Å². The fraction of sp³-hybridized carbons (Fsp3) is 0.941. The van der Waals surface area contributed by atoms with Gasteiger partial charge < -0.3 is 20.1 Å². The number of aliphatic imine (C=N–C) groups is 1. The predicted octanol–water partition coefficient (Wildman–Crippen LogP) is 3.43. The molecule has 0 spiro atoms. The molecule has 0 amide bonds. The average molecular weight is 443 g/mol. The van der Waals surface area contributed by atoms with Gasteiger partial charge in [-0.25, -0.2) is 0 Å². The monoisotopic (exact) mass is 443 g/mol. The molecule has 0 bridgehead atoms. The van der Waals surface area contributed by atoms with Crippen LogP contribution in [0, 0.1) is 5.41 Å². The first-order valence-corrected chi connectivity index (χ1v) is 8.58. The minimum absolute atomic E-state index is 0. The molecule has 0 fully saturated rings. The van der Waals surface area contributed by atoms with Gasteiger partial charge in [-0.15, -0.1) is 24.0 Å². The third kappa shape index (κ3) is 19.9. The summed E-state index contributed by atoms with van der Waals surface area (Å²) in [5.74, 6) is 0.912. The zero-order valence-corrected chi connectivity index (χ0v) is 18.1. The van der Waals surface area contributed by atoms with Crippen LogP contribution in [-0.2, 0) is 9.47 Å². The molecule has 0 atom stereocenters. The van der Waals surface area contributed by atoms with Gasteiger partial charge in [0.1, 0.15) is 0 Å². The number of guanidine groups is 1. The summed E-state index contributed by atoms with van der Waals surface area (Å²) in [5, 5.41) is 6.68. The molecule has 23 heavy (non-hydrogen) atoms. The van der Waals surface area contributed by atoms with Gasteiger partial charge in [-0.3, -0.25) is 4.99 Å².